The van der Waals surface area contributed by atoms with Crippen molar-refractivity contribution in [2.45, 2.75) is 18.4 Å². The minimum atomic E-state index is -3.87. The quantitative estimate of drug-likeness (QED) is 0.846. The molecule has 0 bridgehead atoms. The molecule has 2 rings (SSSR count). The SMILES string of the molecule is COc1ccc(S(=O)(=O)NCc2cc(C)nc(N(C)C)n2)cc1F. The molecule has 0 atom stereocenters. The summed E-state index contributed by atoms with van der Waals surface area (Å²) in [7, 11) is 1.03. The summed E-state index contributed by atoms with van der Waals surface area (Å²) in [5.41, 5.74) is 1.24. The minimum absolute atomic E-state index is 0.0176. The molecule has 1 N–H and O–H groups in total. The Kier molecular flexibility index (Phi) is 5.35. The zero-order valence-electron chi connectivity index (χ0n) is 13.9. The number of rotatable bonds is 6. The molecule has 1 aromatic carbocycles. The first-order valence-electron chi connectivity index (χ1n) is 7.08. The predicted octanol–water partition coefficient (Wildman–Crippen LogP) is 1.48. The number of benzene rings is 1. The van der Waals surface area contributed by atoms with E-state index in [0.717, 1.165) is 11.8 Å². The van der Waals surface area contributed by atoms with E-state index in [1.165, 1.54) is 19.2 Å². The van der Waals surface area contributed by atoms with Crippen molar-refractivity contribution in [2.75, 3.05) is 26.1 Å². The number of hydrogen-bond acceptors (Lipinski definition) is 6. The second-order valence-electron chi connectivity index (χ2n) is 5.32. The number of aromatic nitrogens is 2. The molecule has 0 saturated heterocycles. The van der Waals surface area contributed by atoms with Crippen LogP contribution < -0.4 is 14.4 Å². The third-order valence-corrected chi connectivity index (χ3v) is 4.57. The number of nitrogens with zero attached hydrogens (tertiary/aromatic N) is 3. The standard InChI is InChI=1S/C15H19FN4O3S/c1-10-7-11(19-15(18-10)20(2)3)9-17-24(21,22)12-5-6-14(23-4)13(16)8-12/h5-8,17H,9H2,1-4H3. The van der Waals surface area contributed by atoms with Crippen LogP contribution in [0, 0.1) is 12.7 Å². The van der Waals surface area contributed by atoms with Crippen LogP contribution in [0.15, 0.2) is 29.2 Å². The van der Waals surface area contributed by atoms with E-state index in [2.05, 4.69) is 14.7 Å². The minimum Gasteiger partial charge on any atom is -0.494 e. The van der Waals surface area contributed by atoms with Crippen LogP contribution in [-0.4, -0.2) is 39.6 Å². The van der Waals surface area contributed by atoms with Crippen molar-refractivity contribution in [3.63, 3.8) is 0 Å². The van der Waals surface area contributed by atoms with Crippen molar-refractivity contribution < 1.29 is 17.5 Å². The summed E-state index contributed by atoms with van der Waals surface area (Å²) in [5, 5.41) is 0. The van der Waals surface area contributed by atoms with E-state index >= 15 is 0 Å². The fourth-order valence-electron chi connectivity index (χ4n) is 1.97. The number of hydrogen-bond donors (Lipinski definition) is 1. The Morgan fingerprint density at radius 2 is 1.96 bits per heavy atom. The van der Waals surface area contributed by atoms with Gasteiger partial charge in [-0.25, -0.2) is 27.5 Å². The lowest BCUT2D eigenvalue weighted by molar-refractivity contribution is 0.385. The van der Waals surface area contributed by atoms with Gasteiger partial charge < -0.3 is 9.64 Å². The van der Waals surface area contributed by atoms with E-state index < -0.39 is 15.8 Å². The maximum absolute atomic E-state index is 13.7. The second kappa shape index (κ2) is 7.10. The lowest BCUT2D eigenvalue weighted by Crippen LogP contribution is -2.24. The van der Waals surface area contributed by atoms with Gasteiger partial charge in [-0.15, -0.1) is 0 Å². The van der Waals surface area contributed by atoms with E-state index in [1.807, 2.05) is 0 Å². The van der Waals surface area contributed by atoms with Gasteiger partial charge in [-0.1, -0.05) is 0 Å². The fourth-order valence-corrected chi connectivity index (χ4v) is 2.98. The van der Waals surface area contributed by atoms with Gasteiger partial charge in [0.25, 0.3) is 0 Å². The molecule has 7 nitrogen and oxygen atoms in total. The lowest BCUT2D eigenvalue weighted by Gasteiger charge is -2.13. The first-order chi connectivity index (χ1) is 11.2. The van der Waals surface area contributed by atoms with Crippen LogP contribution in [0.25, 0.3) is 0 Å². The molecule has 9 heteroatoms. The molecule has 0 fully saturated rings. The Balaban J connectivity index is 2.20. The van der Waals surface area contributed by atoms with Crippen molar-refractivity contribution in [2.24, 2.45) is 0 Å². The summed E-state index contributed by atoms with van der Waals surface area (Å²) in [6.07, 6.45) is 0. The maximum atomic E-state index is 13.7. The molecule has 0 saturated carbocycles. The summed E-state index contributed by atoms with van der Waals surface area (Å²) < 4.78 is 45.5. The van der Waals surface area contributed by atoms with Gasteiger partial charge >= 0.3 is 0 Å². The third-order valence-electron chi connectivity index (χ3n) is 3.17. The van der Waals surface area contributed by atoms with Crippen molar-refractivity contribution >= 4 is 16.0 Å². The van der Waals surface area contributed by atoms with Gasteiger partial charge in [0, 0.05) is 19.8 Å². The Hall–Kier alpha value is -2.26. The average Bonchev–Trinajstić information content (AvgIpc) is 2.52. The molecule has 0 unspecified atom stereocenters. The van der Waals surface area contributed by atoms with E-state index in [9.17, 15) is 12.8 Å². The fraction of sp³-hybridized carbons (Fsp3) is 0.333. The van der Waals surface area contributed by atoms with E-state index in [0.29, 0.717) is 11.6 Å². The van der Waals surface area contributed by atoms with E-state index in [4.69, 9.17) is 4.74 Å². The number of anilines is 1. The van der Waals surface area contributed by atoms with Gasteiger partial charge in [-0.2, -0.15) is 0 Å². The first kappa shape index (κ1) is 18.1. The molecule has 24 heavy (non-hydrogen) atoms. The molecule has 0 spiro atoms. The molecule has 1 heterocycles. The number of sulfonamides is 1. The highest BCUT2D eigenvalue weighted by Crippen LogP contribution is 2.20. The molecule has 0 aliphatic carbocycles. The smallest absolute Gasteiger partial charge is 0.241 e. The van der Waals surface area contributed by atoms with E-state index in [-0.39, 0.29) is 17.2 Å². The third kappa shape index (κ3) is 4.18. The number of aryl methyl sites for hydroxylation is 1. The van der Waals surface area contributed by atoms with Crippen LogP contribution >= 0.6 is 0 Å². The van der Waals surface area contributed by atoms with Gasteiger partial charge in [0.2, 0.25) is 16.0 Å². The summed E-state index contributed by atoms with van der Waals surface area (Å²) in [4.78, 5) is 10.1. The van der Waals surface area contributed by atoms with Crippen LogP contribution in [0.5, 0.6) is 5.75 Å². The molecule has 0 amide bonds. The summed E-state index contributed by atoms with van der Waals surface area (Å²) >= 11 is 0. The molecule has 130 valence electrons. The Morgan fingerprint density at radius 3 is 2.54 bits per heavy atom. The summed E-state index contributed by atoms with van der Waals surface area (Å²) in [5.74, 6) is -0.274. The average molecular weight is 354 g/mol. The predicted molar refractivity (Wildman–Crippen MR) is 88.1 cm³/mol. The number of nitrogens with one attached hydrogen (secondary N) is 1. The summed E-state index contributed by atoms with van der Waals surface area (Å²) in [6.45, 7) is 1.77. The van der Waals surface area contributed by atoms with Crippen molar-refractivity contribution in [1.82, 2.24) is 14.7 Å². The Morgan fingerprint density at radius 1 is 1.25 bits per heavy atom. The number of ether oxygens (including phenoxy) is 1. The second-order valence-corrected chi connectivity index (χ2v) is 7.08. The molecule has 2 aromatic rings. The molecule has 1 aromatic heterocycles. The highest BCUT2D eigenvalue weighted by molar-refractivity contribution is 7.89. The largest absolute Gasteiger partial charge is 0.494 e. The highest BCUT2D eigenvalue weighted by atomic mass is 32.2. The topological polar surface area (TPSA) is 84.4 Å². The lowest BCUT2D eigenvalue weighted by atomic mass is 10.3. The van der Waals surface area contributed by atoms with Gasteiger partial charge in [-0.3, -0.25) is 0 Å². The van der Waals surface area contributed by atoms with Crippen LogP contribution in [0.3, 0.4) is 0 Å². The van der Waals surface area contributed by atoms with Gasteiger partial charge in [0.05, 0.1) is 24.2 Å². The zero-order chi connectivity index (χ0) is 17.9. The molecular formula is C15H19FN4O3S. The summed E-state index contributed by atoms with van der Waals surface area (Å²) in [6, 6.07) is 5.14. The molecule has 0 aliphatic rings. The van der Waals surface area contributed by atoms with Crippen LogP contribution in [0.4, 0.5) is 10.3 Å². The van der Waals surface area contributed by atoms with Gasteiger partial charge in [0.1, 0.15) is 0 Å². The zero-order valence-corrected chi connectivity index (χ0v) is 14.7. The Labute approximate surface area is 140 Å². The monoisotopic (exact) mass is 354 g/mol. The van der Waals surface area contributed by atoms with Gasteiger partial charge in [-0.05, 0) is 31.2 Å². The van der Waals surface area contributed by atoms with Crippen molar-refractivity contribution in [3.8, 4) is 5.75 Å². The Bertz CT molecular complexity index is 841. The van der Waals surface area contributed by atoms with Crippen molar-refractivity contribution in [1.29, 1.82) is 0 Å². The van der Waals surface area contributed by atoms with Crippen LogP contribution in [0.2, 0.25) is 0 Å². The van der Waals surface area contributed by atoms with E-state index in [1.54, 1.807) is 32.0 Å². The molecule has 0 radical (unpaired) electrons. The normalized spacial score (nSPS) is 11.4. The van der Waals surface area contributed by atoms with Crippen LogP contribution in [-0.2, 0) is 16.6 Å². The van der Waals surface area contributed by atoms with Crippen LogP contribution in [0.1, 0.15) is 11.4 Å². The molecular weight excluding hydrogens is 335 g/mol. The van der Waals surface area contributed by atoms with Crippen molar-refractivity contribution in [3.05, 3.63) is 41.5 Å². The molecule has 0 aliphatic heterocycles. The van der Waals surface area contributed by atoms with Gasteiger partial charge in [0.15, 0.2) is 11.6 Å². The number of methoxy groups -OCH3 is 1. The first-order valence-corrected chi connectivity index (χ1v) is 8.56. The number of halogens is 1. The maximum Gasteiger partial charge on any atom is 0.241 e. The highest BCUT2D eigenvalue weighted by Gasteiger charge is 2.17.